The van der Waals surface area contributed by atoms with Crippen LogP contribution in [-0.4, -0.2) is 20.8 Å². The number of Topliss-reactive ketones (excluding diaryl/α,β-unsaturated/α-hetero) is 1. The summed E-state index contributed by atoms with van der Waals surface area (Å²) in [6.07, 6.45) is 2.88. The normalized spacial score (nSPS) is 9.81. The molecule has 1 aromatic rings. The highest BCUT2D eigenvalue weighted by atomic mass is 32.2. The molecule has 86 valence electrons. The lowest BCUT2D eigenvalue weighted by Crippen LogP contribution is -2.07. The number of aromatic nitrogens is 1. The Morgan fingerprint density at radius 3 is 3.00 bits per heavy atom. The number of anilines is 1. The average molecular weight is 254 g/mol. The maximum absolute atomic E-state index is 11.1. The Labute approximate surface area is 105 Å². The predicted octanol–water partition coefficient (Wildman–Crippen LogP) is 2.88. The van der Waals surface area contributed by atoms with Crippen molar-refractivity contribution in [1.29, 1.82) is 0 Å². The maximum Gasteiger partial charge on any atom is 0.139 e. The summed E-state index contributed by atoms with van der Waals surface area (Å²) in [4.78, 5) is 15.2. The zero-order chi connectivity index (χ0) is 11.8. The van der Waals surface area contributed by atoms with Gasteiger partial charge in [0, 0.05) is 24.8 Å². The summed E-state index contributed by atoms with van der Waals surface area (Å²) in [6, 6.07) is 5.59. The lowest BCUT2D eigenvalue weighted by Gasteiger charge is -2.05. The molecule has 0 aliphatic carbocycles. The summed E-state index contributed by atoms with van der Waals surface area (Å²) in [5.41, 5.74) is 0. The number of carbonyl (C=O) groups excluding carboxylic acids is 1. The van der Waals surface area contributed by atoms with Gasteiger partial charge in [-0.05, 0) is 12.1 Å². The van der Waals surface area contributed by atoms with E-state index in [0.29, 0.717) is 17.2 Å². The van der Waals surface area contributed by atoms with E-state index in [1.165, 1.54) is 11.8 Å². The van der Waals surface area contributed by atoms with Gasteiger partial charge in [0.1, 0.15) is 15.9 Å². The number of hydrogen-bond donors (Lipinski definition) is 1. The smallest absolute Gasteiger partial charge is 0.139 e. The van der Waals surface area contributed by atoms with Crippen molar-refractivity contribution in [2.45, 2.75) is 19.8 Å². The third kappa shape index (κ3) is 5.23. The molecule has 5 heteroatoms. The van der Waals surface area contributed by atoms with Crippen LogP contribution in [0.2, 0.25) is 0 Å². The first-order chi connectivity index (χ1) is 7.72. The summed E-state index contributed by atoms with van der Waals surface area (Å²) in [6.45, 7) is 1.87. The molecular formula is C11H14N2OS2. The molecule has 0 aliphatic rings. The van der Waals surface area contributed by atoms with Crippen molar-refractivity contribution >= 4 is 39.9 Å². The van der Waals surface area contributed by atoms with E-state index >= 15 is 0 Å². The second-order valence-electron chi connectivity index (χ2n) is 3.12. The minimum atomic E-state index is 0.271. The zero-order valence-corrected chi connectivity index (χ0v) is 10.7. The quantitative estimate of drug-likeness (QED) is 0.818. The van der Waals surface area contributed by atoms with Crippen molar-refractivity contribution in [3.8, 4) is 0 Å². The van der Waals surface area contributed by atoms with Crippen molar-refractivity contribution in [2.75, 3.05) is 11.1 Å². The average Bonchev–Trinajstić information content (AvgIpc) is 2.30. The van der Waals surface area contributed by atoms with Gasteiger partial charge in [-0.2, -0.15) is 0 Å². The maximum atomic E-state index is 11.1. The van der Waals surface area contributed by atoms with Gasteiger partial charge in [-0.3, -0.25) is 4.79 Å². The van der Waals surface area contributed by atoms with Crippen LogP contribution in [0.3, 0.4) is 0 Å². The van der Waals surface area contributed by atoms with Gasteiger partial charge < -0.3 is 5.32 Å². The van der Waals surface area contributed by atoms with E-state index in [0.717, 1.165) is 11.6 Å². The molecule has 0 amide bonds. The molecule has 0 spiro atoms. The highest BCUT2D eigenvalue weighted by Crippen LogP contribution is 2.10. The van der Waals surface area contributed by atoms with E-state index in [1.807, 2.05) is 25.1 Å². The lowest BCUT2D eigenvalue weighted by atomic mass is 10.2. The van der Waals surface area contributed by atoms with E-state index in [-0.39, 0.29) is 5.78 Å². The van der Waals surface area contributed by atoms with Crippen molar-refractivity contribution in [3.63, 3.8) is 0 Å². The topological polar surface area (TPSA) is 42.0 Å². The van der Waals surface area contributed by atoms with Crippen molar-refractivity contribution in [2.24, 2.45) is 0 Å². The Kier molecular flexibility index (Phi) is 6.03. The molecule has 0 bridgehead atoms. The van der Waals surface area contributed by atoms with E-state index in [1.54, 1.807) is 6.20 Å². The van der Waals surface area contributed by atoms with Gasteiger partial charge in [0.25, 0.3) is 0 Å². The van der Waals surface area contributed by atoms with Crippen LogP contribution in [0.1, 0.15) is 19.8 Å². The first-order valence-corrected chi connectivity index (χ1v) is 6.48. The second-order valence-corrected chi connectivity index (χ2v) is 4.89. The van der Waals surface area contributed by atoms with E-state index < -0.39 is 0 Å². The summed E-state index contributed by atoms with van der Waals surface area (Å²) >= 11 is 6.60. The Balaban J connectivity index is 2.24. The third-order valence-electron chi connectivity index (χ3n) is 1.90. The van der Waals surface area contributed by atoms with Gasteiger partial charge in [-0.25, -0.2) is 4.98 Å². The van der Waals surface area contributed by atoms with Crippen molar-refractivity contribution < 1.29 is 4.79 Å². The molecule has 0 aliphatic heterocycles. The van der Waals surface area contributed by atoms with E-state index in [4.69, 9.17) is 12.2 Å². The van der Waals surface area contributed by atoms with Gasteiger partial charge in [0.15, 0.2) is 0 Å². The molecule has 1 rings (SSSR count). The number of carbonyl (C=O) groups is 1. The minimum Gasteiger partial charge on any atom is -0.326 e. The second kappa shape index (κ2) is 7.35. The summed E-state index contributed by atoms with van der Waals surface area (Å²) < 4.78 is 0.655. The molecule has 0 fully saturated rings. The molecule has 0 aromatic carbocycles. The number of thioether (sulfide) groups is 1. The van der Waals surface area contributed by atoms with Gasteiger partial charge in [0.05, 0.1) is 0 Å². The Morgan fingerprint density at radius 2 is 2.38 bits per heavy atom. The molecule has 3 nitrogen and oxygen atoms in total. The van der Waals surface area contributed by atoms with Crippen LogP contribution in [0, 0.1) is 0 Å². The van der Waals surface area contributed by atoms with Gasteiger partial charge in [0.2, 0.25) is 0 Å². The first-order valence-electron chi connectivity index (χ1n) is 5.09. The monoisotopic (exact) mass is 254 g/mol. The standard InChI is InChI=1S/C11H14N2OS2/c1-2-9(14)6-8-16-11(15)13-10-5-3-4-7-12-10/h3-5,7H,2,6,8H2,1H3,(H,12,13,15). The Hall–Kier alpha value is -0.940. The molecule has 1 heterocycles. The van der Waals surface area contributed by atoms with Gasteiger partial charge in [-0.15, -0.1) is 0 Å². The van der Waals surface area contributed by atoms with Crippen molar-refractivity contribution in [3.05, 3.63) is 24.4 Å². The fourth-order valence-corrected chi connectivity index (χ4v) is 2.06. The SMILES string of the molecule is CCC(=O)CCSC(=S)Nc1ccccn1. The molecule has 0 saturated heterocycles. The van der Waals surface area contributed by atoms with Gasteiger partial charge in [-0.1, -0.05) is 37.0 Å². The zero-order valence-electron chi connectivity index (χ0n) is 9.10. The Bertz CT molecular complexity index is 354. The van der Waals surface area contributed by atoms with E-state index in [2.05, 4.69) is 10.3 Å². The first kappa shape index (κ1) is 13.1. The van der Waals surface area contributed by atoms with Gasteiger partial charge >= 0.3 is 0 Å². The number of nitrogens with one attached hydrogen (secondary N) is 1. The molecule has 16 heavy (non-hydrogen) atoms. The number of hydrogen-bond acceptors (Lipinski definition) is 4. The van der Waals surface area contributed by atoms with Crippen LogP contribution < -0.4 is 5.32 Å². The van der Waals surface area contributed by atoms with Crippen LogP contribution in [0.25, 0.3) is 0 Å². The summed E-state index contributed by atoms with van der Waals surface area (Å²) in [5, 5.41) is 3.01. The molecule has 1 aromatic heterocycles. The summed E-state index contributed by atoms with van der Waals surface area (Å²) in [7, 11) is 0. The molecule has 1 N–H and O–H groups in total. The summed E-state index contributed by atoms with van der Waals surface area (Å²) in [5.74, 6) is 1.74. The molecule has 0 atom stereocenters. The van der Waals surface area contributed by atoms with Crippen LogP contribution in [0.5, 0.6) is 0 Å². The molecular weight excluding hydrogens is 240 g/mol. The molecule has 0 radical (unpaired) electrons. The van der Waals surface area contributed by atoms with Crippen LogP contribution in [0.4, 0.5) is 5.82 Å². The van der Waals surface area contributed by atoms with Crippen LogP contribution in [0.15, 0.2) is 24.4 Å². The number of pyridine rings is 1. The van der Waals surface area contributed by atoms with Crippen LogP contribution >= 0.6 is 24.0 Å². The largest absolute Gasteiger partial charge is 0.326 e. The molecule has 0 saturated carbocycles. The predicted molar refractivity (Wildman–Crippen MR) is 72.8 cm³/mol. The van der Waals surface area contributed by atoms with Crippen molar-refractivity contribution in [1.82, 2.24) is 4.98 Å². The number of nitrogens with zero attached hydrogens (tertiary/aromatic N) is 1. The third-order valence-corrected chi connectivity index (χ3v) is 3.13. The lowest BCUT2D eigenvalue weighted by molar-refractivity contribution is -0.118. The number of thiocarbonyl (C=S) groups is 1. The Morgan fingerprint density at radius 1 is 1.56 bits per heavy atom. The fourth-order valence-electron chi connectivity index (χ4n) is 1.01. The number of rotatable bonds is 5. The van der Waals surface area contributed by atoms with Crippen LogP contribution in [-0.2, 0) is 4.79 Å². The highest BCUT2D eigenvalue weighted by molar-refractivity contribution is 8.23. The molecule has 0 unspecified atom stereocenters. The highest BCUT2D eigenvalue weighted by Gasteiger charge is 2.02. The van der Waals surface area contributed by atoms with E-state index in [9.17, 15) is 4.79 Å². The number of ketones is 1. The fraction of sp³-hybridized carbons (Fsp3) is 0.364. The minimum absolute atomic E-state index is 0.271.